The molecule has 62 heavy (non-hydrogen) atoms. The summed E-state index contributed by atoms with van der Waals surface area (Å²) in [6.07, 6.45) is 3.54. The number of carbonyl (C=O) groups is 5. The number of urea groups is 1. The molecule has 17 heteroatoms. The summed E-state index contributed by atoms with van der Waals surface area (Å²) in [5.41, 5.74) is -2.68. The van der Waals surface area contributed by atoms with Crippen molar-refractivity contribution >= 4 is 36.0 Å². The van der Waals surface area contributed by atoms with Gasteiger partial charge in [-0.05, 0) is 108 Å². The Morgan fingerprint density at radius 1 is 0.871 bits per heavy atom. The number of nitrogens with one attached hydrogen (secondary N) is 6. The number of hydrogen-bond acceptors (Lipinski definition) is 11. The molecule has 6 unspecified atom stereocenters. The Morgan fingerprint density at radius 2 is 1.40 bits per heavy atom. The molecule has 2 fully saturated rings. The monoisotopic (exact) mass is 874 g/mol. The summed E-state index contributed by atoms with van der Waals surface area (Å²) in [7, 11) is 0. The van der Waals surface area contributed by atoms with Crippen molar-refractivity contribution in [2.24, 2.45) is 21.7 Å². The number of aromatic nitrogens is 2. The summed E-state index contributed by atoms with van der Waals surface area (Å²) >= 11 is 0. The number of nitrogens with zero attached hydrogens (tertiary/aromatic N) is 1. The van der Waals surface area contributed by atoms with Gasteiger partial charge < -0.3 is 45.2 Å². The predicted molar refractivity (Wildman–Crippen MR) is 236 cm³/mol. The van der Waals surface area contributed by atoms with E-state index in [9.17, 15) is 28.8 Å². The number of rotatable bonds is 18. The number of carbonyl (C=O) groups excluding carboxylic acids is 5. The molecule has 0 aliphatic heterocycles. The average molecular weight is 874 g/mol. The Hall–Kier alpha value is -4.67. The Kier molecular flexibility index (Phi) is 17.2. The molecule has 1 aromatic rings. The lowest BCUT2D eigenvalue weighted by Crippen LogP contribution is -2.55. The minimum atomic E-state index is -1.21. The lowest BCUT2D eigenvalue weighted by atomic mass is 9.62. The second-order valence-corrected chi connectivity index (χ2v) is 20.9. The van der Waals surface area contributed by atoms with Crippen LogP contribution in [0.4, 0.5) is 20.3 Å². The minimum Gasteiger partial charge on any atom is -0.459 e. The van der Waals surface area contributed by atoms with Gasteiger partial charge in [-0.15, -0.1) is 0 Å². The third-order valence-corrected chi connectivity index (χ3v) is 11.7. The SMILES string of the molecule is C=C(C)C(=O)OCCOC(=O)NCC1(C)CC(NC(=O)C(C)(C)OC(C)CC(C)(CC)OC(=O)NCC2(C)CC(NC(=O)Nc3nc(=O)cc(C)[nH]3)CC(C)(C)C2)CC(C)(C)C1. The third-order valence-electron chi connectivity index (χ3n) is 11.7. The largest absolute Gasteiger partial charge is 0.459 e. The lowest BCUT2D eigenvalue weighted by Gasteiger charge is -2.47. The molecule has 6 N–H and O–H groups in total. The first kappa shape index (κ1) is 51.7. The van der Waals surface area contributed by atoms with Crippen LogP contribution in [0.1, 0.15) is 140 Å². The fourth-order valence-corrected chi connectivity index (χ4v) is 9.81. The fraction of sp³-hybridized carbons (Fsp3) is 0.756. The molecule has 2 aliphatic carbocycles. The molecule has 0 bridgehead atoms. The van der Waals surface area contributed by atoms with E-state index >= 15 is 0 Å². The van der Waals surface area contributed by atoms with Crippen LogP contribution < -0.4 is 32.1 Å². The average Bonchev–Trinajstić information content (AvgIpc) is 3.09. The number of H-pyrrole nitrogens is 1. The molecule has 5 amide bonds. The smallest absolute Gasteiger partial charge is 0.407 e. The molecule has 6 atom stereocenters. The number of aryl methyl sites for hydroxylation is 1. The van der Waals surface area contributed by atoms with Crippen molar-refractivity contribution < 1.29 is 42.9 Å². The number of anilines is 1. The van der Waals surface area contributed by atoms with Crippen LogP contribution >= 0.6 is 0 Å². The van der Waals surface area contributed by atoms with Crippen LogP contribution in [0.5, 0.6) is 0 Å². The van der Waals surface area contributed by atoms with E-state index in [0.717, 1.165) is 25.7 Å². The van der Waals surface area contributed by atoms with Crippen molar-refractivity contribution in [3.63, 3.8) is 0 Å². The lowest BCUT2D eigenvalue weighted by molar-refractivity contribution is -0.154. The Balaban J connectivity index is 1.51. The number of alkyl carbamates (subject to hydrolysis) is 2. The molecule has 350 valence electrons. The Morgan fingerprint density at radius 3 is 1.94 bits per heavy atom. The van der Waals surface area contributed by atoms with Crippen LogP contribution in [-0.2, 0) is 28.5 Å². The minimum absolute atomic E-state index is 0.0692. The van der Waals surface area contributed by atoms with E-state index in [0.29, 0.717) is 44.5 Å². The first-order chi connectivity index (χ1) is 28.4. The van der Waals surface area contributed by atoms with Gasteiger partial charge in [0.15, 0.2) is 0 Å². The normalized spacial score (nSPS) is 24.5. The van der Waals surface area contributed by atoms with Gasteiger partial charge in [0.1, 0.15) is 24.4 Å². The molecular weight excluding hydrogens is 799 g/mol. The van der Waals surface area contributed by atoms with Gasteiger partial charge in [-0.3, -0.25) is 14.9 Å². The van der Waals surface area contributed by atoms with Crippen LogP contribution in [0.2, 0.25) is 0 Å². The van der Waals surface area contributed by atoms with Crippen LogP contribution in [0.3, 0.4) is 0 Å². The molecule has 2 aliphatic rings. The quantitative estimate of drug-likeness (QED) is 0.0389. The Bertz CT molecular complexity index is 1850. The van der Waals surface area contributed by atoms with Crippen molar-refractivity contribution in [2.75, 3.05) is 31.6 Å². The highest BCUT2D eigenvalue weighted by molar-refractivity contribution is 5.88. The van der Waals surface area contributed by atoms with E-state index in [4.69, 9.17) is 18.9 Å². The van der Waals surface area contributed by atoms with Gasteiger partial charge in [-0.25, -0.2) is 19.2 Å². The predicted octanol–water partition coefficient (Wildman–Crippen LogP) is 6.80. The summed E-state index contributed by atoms with van der Waals surface area (Å²) < 4.78 is 22.6. The number of amides is 5. The van der Waals surface area contributed by atoms with Gasteiger partial charge in [-0.1, -0.05) is 55.0 Å². The van der Waals surface area contributed by atoms with Gasteiger partial charge in [0, 0.05) is 48.9 Å². The van der Waals surface area contributed by atoms with E-state index < -0.39 is 47.1 Å². The molecule has 0 saturated heterocycles. The molecule has 0 radical (unpaired) electrons. The summed E-state index contributed by atoms with van der Waals surface area (Å²) in [5.74, 6) is -0.742. The topological polar surface area (TPSA) is 228 Å². The maximum Gasteiger partial charge on any atom is 0.407 e. The second kappa shape index (κ2) is 20.7. The van der Waals surface area contributed by atoms with Crippen molar-refractivity contribution in [1.82, 2.24) is 31.2 Å². The third kappa shape index (κ3) is 16.9. The van der Waals surface area contributed by atoms with E-state index in [2.05, 4.69) is 84.7 Å². The molecule has 0 aromatic carbocycles. The maximum atomic E-state index is 13.8. The zero-order chi connectivity index (χ0) is 46.9. The van der Waals surface area contributed by atoms with Crippen LogP contribution in [-0.4, -0.2) is 95.8 Å². The van der Waals surface area contributed by atoms with Gasteiger partial charge in [-0.2, -0.15) is 4.98 Å². The van der Waals surface area contributed by atoms with Gasteiger partial charge >= 0.3 is 24.2 Å². The molecular formula is C45H75N7O10. The molecule has 1 aromatic heterocycles. The molecule has 2 saturated carbocycles. The van der Waals surface area contributed by atoms with E-state index in [1.807, 2.05) is 20.8 Å². The standard InChI is InChI=1S/C45H75N7O10/c1-15-45(14,62-39(58)47-27-44(13)23-32(21-41(8,9)25-44)50-37(56)52-36-48-29(4)18-33(53)51-36)19-30(5)61-42(10,11)35(55)49-31-20-40(6,7)24-43(12,22-31)26-46-38(57)60-17-16-59-34(54)28(2)3/h18,30-32H,2,15-17,19-27H2,1,3-14H3,(H,46,57)(H,47,58)(H,49,55)(H3,48,50,51,52,53,56). The van der Waals surface area contributed by atoms with Crippen molar-refractivity contribution in [3.8, 4) is 0 Å². The maximum absolute atomic E-state index is 13.8. The zero-order valence-corrected chi connectivity index (χ0v) is 39.5. The summed E-state index contributed by atoms with van der Waals surface area (Å²) in [5, 5.41) is 14.7. The van der Waals surface area contributed by atoms with E-state index in [-0.39, 0.29) is 64.4 Å². The number of esters is 1. The highest BCUT2D eigenvalue weighted by atomic mass is 16.6. The highest BCUT2D eigenvalue weighted by Crippen LogP contribution is 2.47. The van der Waals surface area contributed by atoms with Crippen LogP contribution in [0.25, 0.3) is 0 Å². The van der Waals surface area contributed by atoms with Crippen molar-refractivity contribution in [3.05, 3.63) is 34.3 Å². The summed E-state index contributed by atoms with van der Waals surface area (Å²) in [4.78, 5) is 82.5. The second-order valence-electron chi connectivity index (χ2n) is 20.9. The summed E-state index contributed by atoms with van der Waals surface area (Å²) in [6, 6.07) is 0.495. The van der Waals surface area contributed by atoms with E-state index in [1.54, 1.807) is 20.8 Å². The summed E-state index contributed by atoms with van der Waals surface area (Å²) in [6.45, 7) is 29.1. The Labute approximate surface area is 367 Å². The van der Waals surface area contributed by atoms with Crippen LogP contribution in [0.15, 0.2) is 23.0 Å². The highest BCUT2D eigenvalue weighted by Gasteiger charge is 2.45. The molecule has 17 nitrogen and oxygen atoms in total. The van der Waals surface area contributed by atoms with Crippen LogP contribution in [0, 0.1) is 28.6 Å². The molecule has 1 heterocycles. The van der Waals surface area contributed by atoms with Gasteiger partial charge in [0.05, 0.1) is 6.10 Å². The zero-order valence-electron chi connectivity index (χ0n) is 39.5. The van der Waals surface area contributed by atoms with Crippen molar-refractivity contribution in [1.29, 1.82) is 0 Å². The fourth-order valence-electron chi connectivity index (χ4n) is 9.81. The number of hydrogen-bond donors (Lipinski definition) is 6. The molecule has 3 rings (SSSR count). The van der Waals surface area contributed by atoms with E-state index in [1.165, 1.54) is 13.0 Å². The molecule has 0 spiro atoms. The number of aromatic amines is 1. The number of ether oxygens (including phenoxy) is 4. The van der Waals surface area contributed by atoms with Gasteiger partial charge in [0.25, 0.3) is 11.5 Å². The van der Waals surface area contributed by atoms with Gasteiger partial charge in [0.2, 0.25) is 5.95 Å². The first-order valence-electron chi connectivity index (χ1n) is 21.8. The first-order valence-corrected chi connectivity index (χ1v) is 21.8. The van der Waals surface area contributed by atoms with Crippen molar-refractivity contribution in [2.45, 2.75) is 171 Å².